The van der Waals surface area contributed by atoms with Crippen LogP contribution < -0.4 is 0 Å². The molecule has 0 radical (unpaired) electrons. The first-order chi connectivity index (χ1) is 5.29. The van der Waals surface area contributed by atoms with Gasteiger partial charge in [0, 0.05) is 1.37 Å². The van der Waals surface area contributed by atoms with Crippen LogP contribution in [0.4, 0.5) is 0 Å². The minimum Gasteiger partial charge on any atom is -0.0620 e. The average molecular weight is 133 g/mol. The third-order valence-corrected chi connectivity index (χ3v) is 2.24. The Morgan fingerprint density at radius 1 is 1.50 bits per heavy atom. The van der Waals surface area contributed by atoms with Crippen LogP contribution in [0, 0.1) is 0 Å². The summed E-state index contributed by atoms with van der Waals surface area (Å²) in [4.78, 5) is 0. The van der Waals surface area contributed by atoms with Gasteiger partial charge < -0.3 is 0 Å². The van der Waals surface area contributed by atoms with Crippen LogP contribution in [-0.2, 0) is 6.42 Å². The molecule has 10 heavy (non-hydrogen) atoms. The second-order valence-corrected chi connectivity index (χ2v) is 2.93. The van der Waals surface area contributed by atoms with Crippen molar-refractivity contribution in [1.82, 2.24) is 0 Å². The highest BCUT2D eigenvalue weighted by atomic mass is 14.2. The summed E-state index contributed by atoms with van der Waals surface area (Å²) in [5.41, 5.74) is 2.76. The Labute approximate surface area is 63.3 Å². The molecule has 0 aliphatic heterocycles. The topological polar surface area (TPSA) is 0 Å². The van der Waals surface area contributed by atoms with E-state index in [0.717, 1.165) is 6.42 Å². The van der Waals surface area contributed by atoms with Gasteiger partial charge in [0.05, 0.1) is 0 Å². The van der Waals surface area contributed by atoms with E-state index < -0.39 is 0 Å². The first kappa shape index (κ1) is 4.95. The zero-order valence-electron chi connectivity index (χ0n) is 7.17. The minimum absolute atomic E-state index is 0.0902. The molecule has 0 nitrogen and oxygen atoms in total. The fourth-order valence-electron chi connectivity index (χ4n) is 1.60. The van der Waals surface area contributed by atoms with Gasteiger partial charge in [-0.15, -0.1) is 0 Å². The smallest absolute Gasteiger partial charge is 0.0276 e. The number of aryl methyl sites for hydroxylation is 1. The van der Waals surface area contributed by atoms with E-state index in [0.29, 0.717) is 5.92 Å². The predicted octanol–water partition coefficient (Wildman–Crippen LogP) is 2.74. The van der Waals surface area contributed by atoms with Crippen LogP contribution in [0.3, 0.4) is 0 Å². The molecule has 0 bridgehead atoms. The van der Waals surface area contributed by atoms with Crippen molar-refractivity contribution in [2.75, 3.05) is 0 Å². The zero-order valence-corrected chi connectivity index (χ0v) is 6.17. The Balaban J connectivity index is 2.47. The SMILES string of the molecule is [2H][C@@H]1Cc2ccccc2[C@@H]1C. The summed E-state index contributed by atoms with van der Waals surface area (Å²) >= 11 is 0. The van der Waals surface area contributed by atoms with Crippen molar-refractivity contribution in [3.63, 3.8) is 0 Å². The molecule has 1 aliphatic rings. The molecule has 0 N–H and O–H groups in total. The maximum absolute atomic E-state index is 7.72. The molecule has 1 aliphatic carbocycles. The largest absolute Gasteiger partial charge is 0.0620 e. The van der Waals surface area contributed by atoms with Crippen molar-refractivity contribution in [3.05, 3.63) is 35.4 Å². The number of hydrogen-bond donors (Lipinski definition) is 0. The summed E-state index contributed by atoms with van der Waals surface area (Å²) in [5, 5.41) is 0. The number of benzene rings is 1. The number of rotatable bonds is 0. The molecule has 0 amide bonds. The third kappa shape index (κ3) is 0.756. The maximum atomic E-state index is 7.72. The molecule has 0 heterocycles. The lowest BCUT2D eigenvalue weighted by atomic mass is 10.0. The van der Waals surface area contributed by atoms with Crippen LogP contribution in [0.2, 0.25) is 0 Å². The lowest BCUT2D eigenvalue weighted by Gasteiger charge is -2.01. The van der Waals surface area contributed by atoms with Crippen molar-refractivity contribution in [1.29, 1.82) is 0 Å². The van der Waals surface area contributed by atoms with E-state index in [1.54, 1.807) is 0 Å². The highest BCUT2D eigenvalue weighted by Gasteiger charge is 2.16. The Hall–Kier alpha value is -0.780. The predicted molar refractivity (Wildman–Crippen MR) is 43.2 cm³/mol. The minimum atomic E-state index is 0.0902. The highest BCUT2D eigenvalue weighted by Crippen LogP contribution is 2.31. The highest BCUT2D eigenvalue weighted by molar-refractivity contribution is 5.33. The van der Waals surface area contributed by atoms with Crippen molar-refractivity contribution in [2.24, 2.45) is 0 Å². The molecule has 2 rings (SSSR count). The van der Waals surface area contributed by atoms with Gasteiger partial charge >= 0.3 is 0 Å². The lowest BCUT2D eigenvalue weighted by Crippen LogP contribution is -1.83. The van der Waals surface area contributed by atoms with E-state index in [2.05, 4.69) is 31.2 Å². The van der Waals surface area contributed by atoms with Crippen LogP contribution >= 0.6 is 0 Å². The van der Waals surface area contributed by atoms with Gasteiger partial charge in [0.2, 0.25) is 0 Å². The van der Waals surface area contributed by atoms with Crippen LogP contribution in [0.1, 0.15) is 31.7 Å². The molecule has 1 aromatic rings. The van der Waals surface area contributed by atoms with Crippen LogP contribution in [0.15, 0.2) is 24.3 Å². The second-order valence-electron chi connectivity index (χ2n) is 2.93. The Morgan fingerprint density at radius 3 is 3.10 bits per heavy atom. The quantitative estimate of drug-likeness (QED) is 0.510. The molecule has 0 heteroatoms. The van der Waals surface area contributed by atoms with E-state index in [4.69, 9.17) is 1.37 Å². The van der Waals surface area contributed by atoms with Gasteiger partial charge in [-0.05, 0) is 29.9 Å². The van der Waals surface area contributed by atoms with Gasteiger partial charge in [-0.2, -0.15) is 0 Å². The summed E-state index contributed by atoms with van der Waals surface area (Å²) in [6.45, 7) is 2.14. The van der Waals surface area contributed by atoms with Gasteiger partial charge in [0.1, 0.15) is 0 Å². The third-order valence-electron chi connectivity index (χ3n) is 2.24. The normalized spacial score (nSPS) is 31.5. The van der Waals surface area contributed by atoms with Crippen molar-refractivity contribution in [3.8, 4) is 0 Å². The van der Waals surface area contributed by atoms with Gasteiger partial charge in [0.15, 0.2) is 0 Å². The summed E-state index contributed by atoms with van der Waals surface area (Å²) in [6.07, 6.45) is 1.03. The molecule has 2 atom stereocenters. The van der Waals surface area contributed by atoms with Gasteiger partial charge in [0.25, 0.3) is 0 Å². The summed E-state index contributed by atoms with van der Waals surface area (Å²) in [7, 11) is 0. The molecular weight excluding hydrogens is 120 g/mol. The molecule has 0 saturated heterocycles. The average Bonchev–Trinajstić information content (AvgIpc) is 2.30. The van der Waals surface area contributed by atoms with E-state index in [-0.39, 0.29) is 6.40 Å². The Kier molecular flexibility index (Phi) is 1.05. The molecule has 52 valence electrons. The fourth-order valence-corrected chi connectivity index (χ4v) is 1.60. The molecule has 0 fully saturated rings. The summed E-state index contributed by atoms with van der Waals surface area (Å²) < 4.78 is 7.72. The molecule has 0 saturated carbocycles. The van der Waals surface area contributed by atoms with Gasteiger partial charge in [-0.1, -0.05) is 31.2 Å². The molecule has 0 unspecified atom stereocenters. The number of fused-ring (bicyclic) bond motifs is 1. The van der Waals surface area contributed by atoms with Gasteiger partial charge in [-0.3, -0.25) is 0 Å². The van der Waals surface area contributed by atoms with Crippen LogP contribution in [-0.4, -0.2) is 0 Å². The number of hydrogen-bond acceptors (Lipinski definition) is 0. The van der Waals surface area contributed by atoms with E-state index in [1.807, 2.05) is 0 Å². The first-order valence-electron chi connectivity index (χ1n) is 4.37. The lowest BCUT2D eigenvalue weighted by molar-refractivity contribution is 0.747. The zero-order chi connectivity index (χ0) is 7.84. The first-order valence-corrected chi connectivity index (χ1v) is 3.79. The monoisotopic (exact) mass is 133 g/mol. The van der Waals surface area contributed by atoms with Gasteiger partial charge in [-0.25, -0.2) is 0 Å². The summed E-state index contributed by atoms with van der Waals surface area (Å²) in [5.74, 6) is 0.436. The molecule has 0 aromatic heterocycles. The molecule has 0 spiro atoms. The second kappa shape index (κ2) is 2.12. The van der Waals surface area contributed by atoms with Crippen molar-refractivity contribution in [2.45, 2.75) is 25.7 Å². The van der Waals surface area contributed by atoms with E-state index in [9.17, 15) is 0 Å². The Bertz CT molecular complexity index is 267. The maximum Gasteiger partial charge on any atom is 0.0276 e. The van der Waals surface area contributed by atoms with Crippen LogP contribution in [0.5, 0.6) is 0 Å². The van der Waals surface area contributed by atoms with Crippen LogP contribution in [0.25, 0.3) is 0 Å². The molecular formula is C10H12. The molecule has 1 aromatic carbocycles. The van der Waals surface area contributed by atoms with Crippen molar-refractivity contribution >= 4 is 0 Å². The Morgan fingerprint density at radius 2 is 2.30 bits per heavy atom. The standard InChI is InChI=1S/C10H12/c1-8-6-7-9-4-2-3-5-10(8)9/h2-5,8H,6-7H2,1H3/t8-/m1/s1/i6D/t6-,8-. The van der Waals surface area contributed by atoms with E-state index in [1.165, 1.54) is 11.1 Å². The fraction of sp³-hybridized carbons (Fsp3) is 0.400. The van der Waals surface area contributed by atoms with E-state index >= 15 is 0 Å². The van der Waals surface area contributed by atoms with Crippen molar-refractivity contribution < 1.29 is 1.37 Å². The summed E-state index contributed by atoms with van der Waals surface area (Å²) in [6, 6.07) is 8.41.